The monoisotopic (exact) mass is 291 g/mol. The fourth-order valence-corrected chi connectivity index (χ4v) is 2.92. The Bertz CT molecular complexity index is 508. The van der Waals surface area contributed by atoms with E-state index in [1.807, 2.05) is 13.8 Å². The molecule has 21 heavy (non-hydrogen) atoms. The van der Waals surface area contributed by atoms with Crippen molar-refractivity contribution in [1.29, 1.82) is 0 Å². The van der Waals surface area contributed by atoms with Gasteiger partial charge in [-0.15, -0.1) is 0 Å². The van der Waals surface area contributed by atoms with E-state index in [-0.39, 0.29) is 12.5 Å². The van der Waals surface area contributed by atoms with Gasteiger partial charge in [-0.05, 0) is 51.0 Å². The van der Waals surface area contributed by atoms with Gasteiger partial charge in [-0.1, -0.05) is 13.8 Å². The molecule has 1 fully saturated rings. The van der Waals surface area contributed by atoms with Gasteiger partial charge in [0, 0.05) is 0 Å². The summed E-state index contributed by atoms with van der Waals surface area (Å²) in [4.78, 5) is 12.6. The van der Waals surface area contributed by atoms with E-state index in [0.29, 0.717) is 23.6 Å². The Kier molecular flexibility index (Phi) is 4.93. The number of hydrogen-bond acceptors (Lipinski definition) is 4. The topological polar surface area (TPSA) is 75.1 Å². The highest BCUT2D eigenvalue weighted by molar-refractivity contribution is 5.95. The third kappa shape index (κ3) is 3.59. The first kappa shape index (κ1) is 15.9. The number of nitrogens with one attached hydrogen (secondary N) is 1. The van der Waals surface area contributed by atoms with Gasteiger partial charge < -0.3 is 10.4 Å². The number of aryl methyl sites for hydroxylation is 2. The molecule has 5 heteroatoms. The molecule has 1 aromatic rings. The highest BCUT2D eigenvalue weighted by Gasteiger charge is 2.35. The second-order valence-corrected chi connectivity index (χ2v) is 6.27. The number of amides is 1. The van der Waals surface area contributed by atoms with E-state index in [2.05, 4.69) is 22.4 Å². The maximum atomic E-state index is 12.6. The lowest BCUT2D eigenvalue weighted by atomic mass is 9.77. The van der Waals surface area contributed by atoms with Crippen LogP contribution in [0.3, 0.4) is 0 Å². The van der Waals surface area contributed by atoms with Crippen molar-refractivity contribution in [2.45, 2.75) is 58.4 Å². The van der Waals surface area contributed by atoms with Crippen LogP contribution in [-0.2, 0) is 6.42 Å². The van der Waals surface area contributed by atoms with Gasteiger partial charge in [0.2, 0.25) is 0 Å². The van der Waals surface area contributed by atoms with Crippen LogP contribution >= 0.6 is 0 Å². The van der Waals surface area contributed by atoms with E-state index in [9.17, 15) is 9.90 Å². The molecule has 2 N–H and O–H groups in total. The summed E-state index contributed by atoms with van der Waals surface area (Å²) in [5.74, 6) is 0.520. The number of carbonyl (C=O) groups excluding carboxylic acids is 1. The van der Waals surface area contributed by atoms with Crippen molar-refractivity contribution in [2.75, 3.05) is 6.61 Å². The van der Waals surface area contributed by atoms with Gasteiger partial charge in [0.05, 0.1) is 29.1 Å². The number of carbonyl (C=O) groups is 1. The second-order valence-electron chi connectivity index (χ2n) is 6.27. The minimum atomic E-state index is -0.480. The zero-order valence-electron chi connectivity index (χ0n) is 13.1. The van der Waals surface area contributed by atoms with Crippen molar-refractivity contribution in [3.63, 3.8) is 0 Å². The Balaban J connectivity index is 2.18. The lowest BCUT2D eigenvalue weighted by Gasteiger charge is -2.38. The standard InChI is InChI=1S/C16H25N3O2/c1-4-14-13(9-12(3)18-19-14)15(21)17-16(10-20)7-5-11(2)6-8-16/h9,11,20H,4-8,10H2,1-3H3,(H,17,21). The summed E-state index contributed by atoms with van der Waals surface area (Å²) in [5, 5.41) is 20.9. The summed E-state index contributed by atoms with van der Waals surface area (Å²) in [6.45, 7) is 5.99. The van der Waals surface area contributed by atoms with Crippen molar-refractivity contribution in [3.8, 4) is 0 Å². The van der Waals surface area contributed by atoms with Gasteiger partial charge in [0.1, 0.15) is 0 Å². The van der Waals surface area contributed by atoms with Crippen molar-refractivity contribution in [3.05, 3.63) is 23.0 Å². The van der Waals surface area contributed by atoms with E-state index in [1.54, 1.807) is 6.07 Å². The smallest absolute Gasteiger partial charge is 0.253 e. The first-order valence-corrected chi connectivity index (χ1v) is 7.76. The predicted octanol–water partition coefficient (Wildman–Crippen LogP) is 2.02. The molecule has 5 nitrogen and oxygen atoms in total. The molecule has 1 aliphatic rings. The van der Waals surface area contributed by atoms with Crippen LogP contribution in [0.4, 0.5) is 0 Å². The Labute approximate surface area is 126 Å². The highest BCUT2D eigenvalue weighted by Crippen LogP contribution is 2.32. The zero-order chi connectivity index (χ0) is 15.5. The number of aromatic nitrogens is 2. The minimum Gasteiger partial charge on any atom is -0.394 e. The molecule has 1 amide bonds. The first-order chi connectivity index (χ1) is 9.99. The molecule has 0 bridgehead atoms. The maximum absolute atomic E-state index is 12.6. The molecular formula is C16H25N3O2. The number of aliphatic hydroxyl groups is 1. The molecule has 0 unspecified atom stereocenters. The average molecular weight is 291 g/mol. The normalized spacial score (nSPS) is 25.6. The van der Waals surface area contributed by atoms with E-state index in [0.717, 1.165) is 31.4 Å². The van der Waals surface area contributed by atoms with E-state index < -0.39 is 5.54 Å². The van der Waals surface area contributed by atoms with Gasteiger partial charge >= 0.3 is 0 Å². The number of aliphatic hydroxyl groups excluding tert-OH is 1. The molecule has 0 radical (unpaired) electrons. The summed E-state index contributed by atoms with van der Waals surface area (Å²) < 4.78 is 0. The van der Waals surface area contributed by atoms with E-state index in [4.69, 9.17) is 0 Å². The molecule has 116 valence electrons. The van der Waals surface area contributed by atoms with Crippen LogP contribution in [0.5, 0.6) is 0 Å². The van der Waals surface area contributed by atoms with Crippen LogP contribution in [0.25, 0.3) is 0 Å². The summed E-state index contributed by atoms with van der Waals surface area (Å²) in [7, 11) is 0. The summed E-state index contributed by atoms with van der Waals surface area (Å²) in [5.41, 5.74) is 1.53. The van der Waals surface area contributed by atoms with Crippen LogP contribution in [0.2, 0.25) is 0 Å². The van der Waals surface area contributed by atoms with Gasteiger partial charge in [-0.2, -0.15) is 10.2 Å². The van der Waals surface area contributed by atoms with Crippen molar-refractivity contribution in [1.82, 2.24) is 15.5 Å². The predicted molar refractivity (Wildman–Crippen MR) is 81.1 cm³/mol. The van der Waals surface area contributed by atoms with Crippen LogP contribution in [0.1, 0.15) is 61.3 Å². The summed E-state index contributed by atoms with van der Waals surface area (Å²) in [6.07, 6.45) is 4.40. The van der Waals surface area contributed by atoms with Crippen molar-refractivity contribution >= 4 is 5.91 Å². The number of hydrogen-bond donors (Lipinski definition) is 2. The molecule has 1 aliphatic carbocycles. The second kappa shape index (κ2) is 6.52. The molecule has 0 aliphatic heterocycles. The van der Waals surface area contributed by atoms with Crippen LogP contribution < -0.4 is 5.32 Å². The number of rotatable bonds is 4. The molecule has 0 aromatic carbocycles. The first-order valence-electron chi connectivity index (χ1n) is 7.76. The molecule has 1 heterocycles. The number of nitrogens with zero attached hydrogens (tertiary/aromatic N) is 2. The molecule has 1 aromatic heterocycles. The third-order valence-electron chi connectivity index (χ3n) is 4.48. The van der Waals surface area contributed by atoms with E-state index >= 15 is 0 Å². The van der Waals surface area contributed by atoms with Gasteiger partial charge in [0.15, 0.2) is 0 Å². The molecule has 0 atom stereocenters. The Hall–Kier alpha value is -1.49. The van der Waals surface area contributed by atoms with Crippen LogP contribution in [0, 0.1) is 12.8 Å². The van der Waals surface area contributed by atoms with Gasteiger partial charge in [-0.25, -0.2) is 0 Å². The zero-order valence-corrected chi connectivity index (χ0v) is 13.1. The average Bonchev–Trinajstić information content (AvgIpc) is 2.49. The van der Waals surface area contributed by atoms with Crippen molar-refractivity contribution < 1.29 is 9.90 Å². The molecule has 2 rings (SSSR count). The van der Waals surface area contributed by atoms with Gasteiger partial charge in [0.25, 0.3) is 5.91 Å². The molecule has 0 saturated heterocycles. The Morgan fingerprint density at radius 1 is 1.43 bits per heavy atom. The fraction of sp³-hybridized carbons (Fsp3) is 0.688. The highest BCUT2D eigenvalue weighted by atomic mass is 16.3. The Morgan fingerprint density at radius 2 is 2.10 bits per heavy atom. The lowest BCUT2D eigenvalue weighted by Crippen LogP contribution is -2.53. The van der Waals surface area contributed by atoms with E-state index in [1.165, 1.54) is 0 Å². The summed E-state index contributed by atoms with van der Waals surface area (Å²) in [6, 6.07) is 1.78. The quantitative estimate of drug-likeness (QED) is 0.890. The third-order valence-corrected chi connectivity index (χ3v) is 4.48. The molecule has 0 spiro atoms. The Morgan fingerprint density at radius 3 is 2.67 bits per heavy atom. The van der Waals surface area contributed by atoms with Crippen LogP contribution in [-0.4, -0.2) is 33.4 Å². The van der Waals surface area contributed by atoms with Crippen molar-refractivity contribution in [2.24, 2.45) is 5.92 Å². The maximum Gasteiger partial charge on any atom is 0.253 e. The van der Waals surface area contributed by atoms with Crippen LogP contribution in [0.15, 0.2) is 6.07 Å². The fourth-order valence-electron chi connectivity index (χ4n) is 2.92. The molecular weight excluding hydrogens is 266 g/mol. The lowest BCUT2D eigenvalue weighted by molar-refractivity contribution is 0.0715. The molecule has 1 saturated carbocycles. The SMILES string of the molecule is CCc1nnc(C)cc1C(=O)NC1(CO)CCC(C)CC1. The largest absolute Gasteiger partial charge is 0.394 e. The van der Waals surface area contributed by atoms with Gasteiger partial charge in [-0.3, -0.25) is 4.79 Å². The summed E-state index contributed by atoms with van der Waals surface area (Å²) >= 11 is 0. The minimum absolute atomic E-state index is 0.00951.